The lowest BCUT2D eigenvalue weighted by molar-refractivity contribution is 0.175. The van der Waals surface area contributed by atoms with E-state index in [1.54, 1.807) is 0 Å². The molecule has 1 aromatic heterocycles. The van der Waals surface area contributed by atoms with E-state index in [1.165, 1.54) is 29.1 Å². The molecule has 1 aliphatic rings. The number of hydrogen-bond donors (Lipinski definition) is 2. The fourth-order valence-electron chi connectivity index (χ4n) is 2.17. The minimum absolute atomic E-state index is 0.166. The molecule has 1 saturated carbocycles. The van der Waals surface area contributed by atoms with Gasteiger partial charge in [-0.25, -0.2) is 4.98 Å². The van der Waals surface area contributed by atoms with E-state index in [9.17, 15) is 0 Å². The summed E-state index contributed by atoms with van der Waals surface area (Å²) in [5.74, 6) is 0.701. The summed E-state index contributed by atoms with van der Waals surface area (Å²) in [5.41, 5.74) is 0. The summed E-state index contributed by atoms with van der Waals surface area (Å²) in [4.78, 5) is 7.95. The van der Waals surface area contributed by atoms with Crippen molar-refractivity contribution in [1.82, 2.24) is 9.88 Å². The van der Waals surface area contributed by atoms with Crippen LogP contribution in [0.3, 0.4) is 0 Å². The first-order valence-electron chi connectivity index (χ1n) is 6.72. The Balaban J connectivity index is 1.86. The fraction of sp³-hybridized carbons (Fsp3) is 0.769. The van der Waals surface area contributed by atoms with Gasteiger partial charge in [-0.1, -0.05) is 6.42 Å². The predicted molar refractivity (Wildman–Crippen MR) is 72.8 cm³/mol. The highest BCUT2D eigenvalue weighted by atomic mass is 32.1. The molecule has 4 nitrogen and oxygen atoms in total. The molecule has 1 aliphatic carbocycles. The second-order valence-electron chi connectivity index (χ2n) is 4.87. The average Bonchev–Trinajstić information content (AvgIpc) is 2.72. The number of nitrogens with zero attached hydrogens (tertiary/aromatic N) is 2. The van der Waals surface area contributed by atoms with Gasteiger partial charge in [-0.2, -0.15) is 0 Å². The predicted octanol–water partition coefficient (Wildman–Crippen LogP) is 1.59. The van der Waals surface area contributed by atoms with Gasteiger partial charge in [-0.15, -0.1) is 11.3 Å². The van der Waals surface area contributed by atoms with Crippen molar-refractivity contribution in [2.75, 3.05) is 26.3 Å². The van der Waals surface area contributed by atoms with Crippen LogP contribution in [-0.2, 0) is 6.54 Å². The maximum atomic E-state index is 9.04. The summed E-state index contributed by atoms with van der Waals surface area (Å²) in [5, 5.41) is 19.2. The van der Waals surface area contributed by atoms with Gasteiger partial charge < -0.3 is 10.2 Å². The summed E-state index contributed by atoms with van der Waals surface area (Å²) in [7, 11) is 0. The molecule has 0 amide bonds. The number of aromatic nitrogens is 1. The summed E-state index contributed by atoms with van der Waals surface area (Å²) < 4.78 is 0. The molecule has 0 unspecified atom stereocenters. The molecule has 102 valence electrons. The Morgan fingerprint density at radius 3 is 2.72 bits per heavy atom. The molecule has 1 fully saturated rings. The number of rotatable bonds is 8. The third kappa shape index (κ3) is 3.75. The third-order valence-electron chi connectivity index (χ3n) is 3.45. The summed E-state index contributed by atoms with van der Waals surface area (Å²) in [6, 6.07) is 0. The number of thiazole rings is 1. The van der Waals surface area contributed by atoms with Gasteiger partial charge >= 0.3 is 0 Å². The zero-order valence-corrected chi connectivity index (χ0v) is 11.5. The van der Waals surface area contributed by atoms with Gasteiger partial charge in [0.1, 0.15) is 0 Å². The monoisotopic (exact) mass is 270 g/mol. The van der Waals surface area contributed by atoms with E-state index in [0.717, 1.165) is 19.5 Å². The zero-order valence-electron chi connectivity index (χ0n) is 10.7. The molecule has 18 heavy (non-hydrogen) atoms. The lowest BCUT2D eigenvalue weighted by Crippen LogP contribution is -2.27. The van der Waals surface area contributed by atoms with Crippen molar-refractivity contribution in [1.29, 1.82) is 0 Å². The number of aliphatic hydroxyl groups excluding tert-OH is 2. The minimum Gasteiger partial charge on any atom is -0.396 e. The molecular weight excluding hydrogens is 248 g/mol. The molecule has 0 aliphatic heterocycles. The Bertz CT molecular complexity index is 353. The van der Waals surface area contributed by atoms with Crippen LogP contribution in [0.1, 0.15) is 41.5 Å². The van der Waals surface area contributed by atoms with Gasteiger partial charge in [0, 0.05) is 43.2 Å². The van der Waals surface area contributed by atoms with E-state index in [4.69, 9.17) is 10.2 Å². The van der Waals surface area contributed by atoms with Crippen LogP contribution in [0.4, 0.5) is 0 Å². The van der Waals surface area contributed by atoms with E-state index in [2.05, 4.69) is 9.88 Å². The summed E-state index contributed by atoms with van der Waals surface area (Å²) in [6.07, 6.45) is 6.65. The van der Waals surface area contributed by atoms with Gasteiger partial charge in [0.15, 0.2) is 0 Å². The lowest BCUT2D eigenvalue weighted by atomic mass is 9.86. The second-order valence-corrected chi connectivity index (χ2v) is 6.02. The SMILES string of the molecule is OCCCN(CCO)Cc1cnc(C2CCC2)s1. The molecule has 0 spiro atoms. The highest BCUT2D eigenvalue weighted by Crippen LogP contribution is 2.38. The molecule has 2 rings (SSSR count). The Kier molecular flexibility index (Phi) is 5.56. The molecule has 0 radical (unpaired) electrons. The molecule has 1 heterocycles. The molecular formula is C13H22N2O2S. The van der Waals surface area contributed by atoms with Crippen LogP contribution >= 0.6 is 11.3 Å². The smallest absolute Gasteiger partial charge is 0.0959 e. The summed E-state index contributed by atoms with van der Waals surface area (Å²) in [6.45, 7) is 2.70. The van der Waals surface area contributed by atoms with Crippen molar-refractivity contribution in [2.24, 2.45) is 0 Å². The normalized spacial score (nSPS) is 16.2. The third-order valence-corrected chi connectivity index (χ3v) is 4.60. The van der Waals surface area contributed by atoms with Crippen LogP contribution < -0.4 is 0 Å². The van der Waals surface area contributed by atoms with E-state index >= 15 is 0 Å². The Morgan fingerprint density at radius 2 is 2.11 bits per heavy atom. The molecule has 2 N–H and O–H groups in total. The van der Waals surface area contributed by atoms with Crippen molar-refractivity contribution in [3.05, 3.63) is 16.1 Å². The van der Waals surface area contributed by atoms with Crippen molar-refractivity contribution in [3.63, 3.8) is 0 Å². The van der Waals surface area contributed by atoms with Crippen LogP contribution in [0.25, 0.3) is 0 Å². The van der Waals surface area contributed by atoms with Gasteiger partial charge in [0.2, 0.25) is 0 Å². The standard InChI is InChI=1S/C13H22N2O2S/c16-7-2-5-15(6-8-17)10-12-9-14-13(18-12)11-3-1-4-11/h9,11,16-17H,1-8,10H2. The van der Waals surface area contributed by atoms with Crippen molar-refractivity contribution in [2.45, 2.75) is 38.1 Å². The molecule has 0 bridgehead atoms. The van der Waals surface area contributed by atoms with Crippen LogP contribution in [-0.4, -0.2) is 46.4 Å². The topological polar surface area (TPSA) is 56.6 Å². The lowest BCUT2D eigenvalue weighted by Gasteiger charge is -2.22. The van der Waals surface area contributed by atoms with Crippen LogP contribution in [0.2, 0.25) is 0 Å². The van der Waals surface area contributed by atoms with E-state index in [1.807, 2.05) is 17.5 Å². The summed E-state index contributed by atoms with van der Waals surface area (Å²) >= 11 is 1.81. The first-order valence-corrected chi connectivity index (χ1v) is 7.54. The maximum absolute atomic E-state index is 9.04. The van der Waals surface area contributed by atoms with Gasteiger partial charge in [-0.05, 0) is 19.3 Å². The average molecular weight is 270 g/mol. The van der Waals surface area contributed by atoms with Gasteiger partial charge in [0.05, 0.1) is 11.6 Å². The highest BCUT2D eigenvalue weighted by Gasteiger charge is 2.22. The van der Waals surface area contributed by atoms with E-state index in [-0.39, 0.29) is 13.2 Å². The molecule has 1 aromatic rings. The second kappa shape index (κ2) is 7.19. The Labute approximate surface area is 112 Å². The quantitative estimate of drug-likeness (QED) is 0.753. The molecule has 5 heteroatoms. The van der Waals surface area contributed by atoms with Crippen molar-refractivity contribution in [3.8, 4) is 0 Å². The van der Waals surface area contributed by atoms with E-state index in [0.29, 0.717) is 12.5 Å². The number of aliphatic hydroxyl groups is 2. The van der Waals surface area contributed by atoms with Crippen molar-refractivity contribution >= 4 is 11.3 Å². The minimum atomic E-state index is 0.166. The maximum Gasteiger partial charge on any atom is 0.0959 e. The van der Waals surface area contributed by atoms with Crippen LogP contribution in [0.15, 0.2) is 6.20 Å². The van der Waals surface area contributed by atoms with E-state index < -0.39 is 0 Å². The Hall–Kier alpha value is -0.490. The number of hydrogen-bond acceptors (Lipinski definition) is 5. The van der Waals surface area contributed by atoms with Gasteiger partial charge in [-0.3, -0.25) is 4.90 Å². The molecule has 0 aromatic carbocycles. The molecule has 0 atom stereocenters. The first-order chi connectivity index (χ1) is 8.83. The van der Waals surface area contributed by atoms with Gasteiger partial charge in [0.25, 0.3) is 0 Å². The van der Waals surface area contributed by atoms with Crippen LogP contribution in [0.5, 0.6) is 0 Å². The Morgan fingerprint density at radius 1 is 1.28 bits per heavy atom. The first kappa shape index (κ1) is 13.9. The van der Waals surface area contributed by atoms with Crippen LogP contribution in [0, 0.1) is 0 Å². The molecule has 0 saturated heterocycles. The highest BCUT2D eigenvalue weighted by molar-refractivity contribution is 7.11. The fourth-order valence-corrected chi connectivity index (χ4v) is 3.29. The largest absolute Gasteiger partial charge is 0.396 e. The zero-order chi connectivity index (χ0) is 12.8. The van der Waals surface area contributed by atoms with Crippen molar-refractivity contribution < 1.29 is 10.2 Å².